The number of nitrogens with one attached hydrogen (secondary N) is 1. The molecule has 1 aliphatic rings. The molecule has 0 aromatic heterocycles. The lowest BCUT2D eigenvalue weighted by Gasteiger charge is -2.16. The largest absolute Gasteiger partial charge is 0.446 e. The molecule has 1 N–H and O–H groups in total. The maximum Gasteiger partial charge on any atom is 0.446 e. The van der Waals surface area contributed by atoms with Crippen LogP contribution in [0.25, 0.3) is 0 Å². The van der Waals surface area contributed by atoms with Crippen LogP contribution in [-0.2, 0) is 0 Å². The van der Waals surface area contributed by atoms with Gasteiger partial charge in [0.1, 0.15) is 0 Å². The summed E-state index contributed by atoms with van der Waals surface area (Å²) in [5.41, 5.74) is -3.31. The number of anilines is 1. The van der Waals surface area contributed by atoms with Gasteiger partial charge in [-0.1, -0.05) is 25.7 Å². The Morgan fingerprint density at radius 2 is 1.60 bits per heavy atom. The van der Waals surface area contributed by atoms with Gasteiger partial charge in [0.2, 0.25) is 0 Å². The molecule has 1 nitrogen and oxygen atoms in total. The second kappa shape index (κ2) is 7.25. The van der Waals surface area contributed by atoms with Crippen molar-refractivity contribution >= 4 is 17.4 Å². The number of thioether (sulfide) groups is 1. The molecule has 0 radical (unpaired) electrons. The highest BCUT2D eigenvalue weighted by Gasteiger charge is 2.28. The summed E-state index contributed by atoms with van der Waals surface area (Å²) in [7, 11) is 0. The van der Waals surface area contributed by atoms with Gasteiger partial charge in [-0.15, -0.1) is 0 Å². The van der Waals surface area contributed by atoms with E-state index in [0.717, 1.165) is 12.2 Å². The van der Waals surface area contributed by atoms with Crippen molar-refractivity contribution < 1.29 is 13.2 Å². The van der Waals surface area contributed by atoms with Crippen LogP contribution in [0.5, 0.6) is 0 Å². The summed E-state index contributed by atoms with van der Waals surface area (Å²) < 4.78 is 36.7. The third-order valence-corrected chi connectivity index (χ3v) is 4.40. The van der Waals surface area contributed by atoms with E-state index < -0.39 is 5.51 Å². The molecule has 112 valence electrons. The lowest BCUT2D eigenvalue weighted by atomic mass is 10.0. The van der Waals surface area contributed by atoms with Gasteiger partial charge in [0, 0.05) is 17.1 Å². The van der Waals surface area contributed by atoms with Crippen LogP contribution < -0.4 is 5.32 Å². The molecule has 0 spiro atoms. The number of hydrogen-bond acceptors (Lipinski definition) is 2. The molecule has 1 aliphatic carbocycles. The van der Waals surface area contributed by atoms with Gasteiger partial charge in [0.05, 0.1) is 0 Å². The van der Waals surface area contributed by atoms with E-state index in [2.05, 4.69) is 5.32 Å². The highest BCUT2D eigenvalue weighted by molar-refractivity contribution is 8.00. The van der Waals surface area contributed by atoms with Crippen LogP contribution in [0.2, 0.25) is 0 Å². The summed E-state index contributed by atoms with van der Waals surface area (Å²) in [6, 6.07) is 6.50. The molecule has 1 fully saturated rings. The summed E-state index contributed by atoms with van der Waals surface area (Å²) in [6.07, 6.45) is 7.78. The standard InChI is InChI=1S/C15H20F3NS/c16-15(17,18)20-14-9-7-13(8-10-14)19-11-12-5-3-1-2-4-6-12/h7-10,12,19H,1-6,11H2. The van der Waals surface area contributed by atoms with Crippen LogP contribution in [0.4, 0.5) is 18.9 Å². The fraction of sp³-hybridized carbons (Fsp3) is 0.600. The minimum atomic E-state index is -4.21. The Bertz CT molecular complexity index is 395. The third-order valence-electron chi connectivity index (χ3n) is 3.66. The minimum Gasteiger partial charge on any atom is -0.385 e. The van der Waals surface area contributed by atoms with Gasteiger partial charge in [0.15, 0.2) is 0 Å². The first-order valence-corrected chi connectivity index (χ1v) is 7.94. The average Bonchev–Trinajstić information content (AvgIpc) is 2.65. The summed E-state index contributed by atoms with van der Waals surface area (Å²) in [5, 5.41) is 3.34. The summed E-state index contributed by atoms with van der Waals surface area (Å²) in [5.74, 6) is 0.696. The molecule has 20 heavy (non-hydrogen) atoms. The number of halogens is 3. The zero-order chi connectivity index (χ0) is 14.4. The molecule has 0 aliphatic heterocycles. The maximum atomic E-state index is 12.2. The molecule has 0 amide bonds. The van der Waals surface area contributed by atoms with Gasteiger partial charge in [-0.25, -0.2) is 0 Å². The van der Waals surface area contributed by atoms with E-state index in [9.17, 15) is 13.2 Å². The average molecular weight is 303 g/mol. The SMILES string of the molecule is FC(F)(F)Sc1ccc(NCC2CCCCCC2)cc1. The van der Waals surface area contributed by atoms with Gasteiger partial charge in [0.25, 0.3) is 0 Å². The Hall–Kier alpha value is -0.840. The Morgan fingerprint density at radius 1 is 1.00 bits per heavy atom. The third kappa shape index (κ3) is 5.65. The molecule has 1 aromatic carbocycles. The number of benzene rings is 1. The molecule has 0 unspecified atom stereocenters. The van der Waals surface area contributed by atoms with Gasteiger partial charge >= 0.3 is 5.51 Å². The normalized spacial score (nSPS) is 17.8. The highest BCUT2D eigenvalue weighted by Crippen LogP contribution is 2.37. The van der Waals surface area contributed by atoms with Crippen molar-refractivity contribution in [2.24, 2.45) is 5.92 Å². The molecule has 0 bridgehead atoms. The van der Waals surface area contributed by atoms with Crippen molar-refractivity contribution in [3.05, 3.63) is 24.3 Å². The Kier molecular flexibility index (Phi) is 5.64. The summed E-state index contributed by atoms with van der Waals surface area (Å²) >= 11 is -0.0694. The van der Waals surface area contributed by atoms with Crippen LogP contribution in [0.3, 0.4) is 0 Å². The first kappa shape index (κ1) is 15.5. The molecule has 5 heteroatoms. The predicted octanol–water partition coefficient (Wildman–Crippen LogP) is 5.68. The summed E-state index contributed by atoms with van der Waals surface area (Å²) in [6.45, 7) is 0.922. The first-order valence-electron chi connectivity index (χ1n) is 7.12. The molecule has 2 rings (SSSR count). The molecule has 0 heterocycles. The monoisotopic (exact) mass is 303 g/mol. The molecular formula is C15H20F3NS. The van der Waals surface area contributed by atoms with Crippen LogP contribution in [0.1, 0.15) is 38.5 Å². The van der Waals surface area contributed by atoms with Crippen molar-refractivity contribution in [1.82, 2.24) is 0 Å². The van der Waals surface area contributed by atoms with Gasteiger partial charge < -0.3 is 5.32 Å². The van der Waals surface area contributed by atoms with Crippen molar-refractivity contribution in [3.8, 4) is 0 Å². The number of rotatable bonds is 4. The van der Waals surface area contributed by atoms with Crippen molar-refractivity contribution in [1.29, 1.82) is 0 Å². The smallest absolute Gasteiger partial charge is 0.385 e. The van der Waals surface area contributed by atoms with E-state index in [1.54, 1.807) is 12.1 Å². The van der Waals surface area contributed by atoms with Crippen LogP contribution >= 0.6 is 11.8 Å². The highest BCUT2D eigenvalue weighted by atomic mass is 32.2. The van der Waals surface area contributed by atoms with Crippen molar-refractivity contribution in [2.75, 3.05) is 11.9 Å². The molecular weight excluding hydrogens is 283 g/mol. The quantitative estimate of drug-likeness (QED) is 0.567. The molecule has 0 saturated heterocycles. The van der Waals surface area contributed by atoms with E-state index in [4.69, 9.17) is 0 Å². The van der Waals surface area contributed by atoms with E-state index >= 15 is 0 Å². The van der Waals surface area contributed by atoms with Crippen LogP contribution in [-0.4, -0.2) is 12.1 Å². The Labute approximate surface area is 122 Å². The van der Waals surface area contributed by atoms with Gasteiger partial charge in [-0.05, 0) is 54.8 Å². The minimum absolute atomic E-state index is 0.0694. The fourth-order valence-electron chi connectivity index (χ4n) is 2.60. The maximum absolute atomic E-state index is 12.2. The topological polar surface area (TPSA) is 12.0 Å². The lowest BCUT2D eigenvalue weighted by molar-refractivity contribution is -0.0328. The van der Waals surface area contributed by atoms with E-state index in [1.807, 2.05) is 0 Å². The number of hydrogen-bond donors (Lipinski definition) is 1. The zero-order valence-corrected chi connectivity index (χ0v) is 12.2. The van der Waals surface area contributed by atoms with Crippen molar-refractivity contribution in [3.63, 3.8) is 0 Å². The molecule has 0 atom stereocenters. The molecule has 1 aromatic rings. The summed E-state index contributed by atoms with van der Waals surface area (Å²) in [4.78, 5) is 0.234. The van der Waals surface area contributed by atoms with E-state index in [0.29, 0.717) is 5.92 Å². The van der Waals surface area contributed by atoms with E-state index in [-0.39, 0.29) is 16.7 Å². The lowest BCUT2D eigenvalue weighted by Crippen LogP contribution is -2.13. The van der Waals surface area contributed by atoms with Crippen LogP contribution in [0, 0.1) is 5.92 Å². The second-order valence-electron chi connectivity index (χ2n) is 5.31. The number of alkyl halides is 3. The second-order valence-corrected chi connectivity index (χ2v) is 6.45. The fourth-order valence-corrected chi connectivity index (χ4v) is 3.14. The van der Waals surface area contributed by atoms with Crippen LogP contribution in [0.15, 0.2) is 29.2 Å². The predicted molar refractivity (Wildman–Crippen MR) is 78.0 cm³/mol. The van der Waals surface area contributed by atoms with Gasteiger partial charge in [-0.2, -0.15) is 13.2 Å². The van der Waals surface area contributed by atoms with Gasteiger partial charge in [-0.3, -0.25) is 0 Å². The molecule has 1 saturated carbocycles. The first-order chi connectivity index (χ1) is 9.53. The zero-order valence-electron chi connectivity index (χ0n) is 11.4. The van der Waals surface area contributed by atoms with Crippen molar-refractivity contribution in [2.45, 2.75) is 48.9 Å². The Morgan fingerprint density at radius 3 is 2.15 bits per heavy atom. The van der Waals surface area contributed by atoms with E-state index in [1.165, 1.54) is 50.7 Å². The Balaban J connectivity index is 1.81.